The van der Waals surface area contributed by atoms with E-state index in [2.05, 4.69) is 5.32 Å². The van der Waals surface area contributed by atoms with Crippen LogP contribution in [0.5, 0.6) is 0 Å². The monoisotopic (exact) mass is 373 g/mol. The molecule has 0 spiro atoms. The van der Waals surface area contributed by atoms with Crippen LogP contribution >= 0.6 is 46.6 Å². The molecule has 0 heterocycles. The van der Waals surface area contributed by atoms with Crippen LogP contribution in [0.4, 0.5) is 5.69 Å². The van der Waals surface area contributed by atoms with E-state index in [-0.39, 0.29) is 11.2 Å². The van der Waals surface area contributed by atoms with Crippen molar-refractivity contribution in [3.63, 3.8) is 0 Å². The quantitative estimate of drug-likeness (QED) is 0.635. The Labute approximate surface area is 149 Å². The molecule has 2 aromatic rings. The van der Waals surface area contributed by atoms with E-state index in [1.807, 2.05) is 19.1 Å². The Morgan fingerprint density at radius 3 is 2.23 bits per heavy atom. The third-order valence-corrected chi connectivity index (χ3v) is 5.22. The number of amides is 1. The summed E-state index contributed by atoms with van der Waals surface area (Å²) >= 11 is 19.5. The van der Waals surface area contributed by atoms with Crippen molar-refractivity contribution in [1.29, 1.82) is 0 Å². The minimum absolute atomic E-state index is 0.127. The van der Waals surface area contributed by atoms with Crippen LogP contribution in [-0.2, 0) is 4.79 Å². The Hall–Kier alpha value is -0.870. The van der Waals surface area contributed by atoms with Crippen LogP contribution in [0.2, 0.25) is 15.1 Å². The minimum Gasteiger partial charge on any atom is -0.323 e. The predicted molar refractivity (Wildman–Crippen MR) is 96.5 cm³/mol. The lowest BCUT2D eigenvalue weighted by molar-refractivity contribution is -0.115. The molecule has 22 heavy (non-hydrogen) atoms. The van der Waals surface area contributed by atoms with Gasteiger partial charge >= 0.3 is 0 Å². The maximum atomic E-state index is 12.4. The number of hydrogen-bond acceptors (Lipinski definition) is 2. The van der Waals surface area contributed by atoms with Crippen molar-refractivity contribution < 1.29 is 4.79 Å². The van der Waals surface area contributed by atoms with Gasteiger partial charge in [0.1, 0.15) is 0 Å². The van der Waals surface area contributed by atoms with E-state index in [1.54, 1.807) is 30.3 Å². The van der Waals surface area contributed by atoms with Gasteiger partial charge in [-0.3, -0.25) is 4.79 Å². The van der Waals surface area contributed by atoms with Crippen molar-refractivity contribution in [2.24, 2.45) is 0 Å². The molecule has 0 aliphatic carbocycles. The van der Waals surface area contributed by atoms with E-state index in [1.165, 1.54) is 11.8 Å². The maximum Gasteiger partial charge on any atom is 0.237 e. The maximum absolute atomic E-state index is 12.4. The number of anilines is 1. The van der Waals surface area contributed by atoms with Gasteiger partial charge in [0.2, 0.25) is 5.91 Å². The summed E-state index contributed by atoms with van der Waals surface area (Å²) in [7, 11) is 0. The van der Waals surface area contributed by atoms with Gasteiger partial charge in [-0.05, 0) is 42.8 Å². The van der Waals surface area contributed by atoms with E-state index < -0.39 is 0 Å². The zero-order valence-electron chi connectivity index (χ0n) is 11.8. The topological polar surface area (TPSA) is 29.1 Å². The molecule has 0 radical (unpaired) electrons. The van der Waals surface area contributed by atoms with Crippen molar-refractivity contribution >= 4 is 58.2 Å². The van der Waals surface area contributed by atoms with Crippen LogP contribution in [0.3, 0.4) is 0 Å². The van der Waals surface area contributed by atoms with Crippen molar-refractivity contribution in [3.8, 4) is 0 Å². The molecule has 0 aromatic heterocycles. The summed E-state index contributed by atoms with van der Waals surface area (Å²) in [5, 5.41) is 4.09. The molecular formula is C16H14Cl3NOS. The van der Waals surface area contributed by atoms with Gasteiger partial charge in [-0.15, -0.1) is 11.8 Å². The van der Waals surface area contributed by atoms with Crippen LogP contribution in [0.1, 0.15) is 13.3 Å². The lowest BCUT2D eigenvalue weighted by Gasteiger charge is -2.16. The largest absolute Gasteiger partial charge is 0.323 e. The van der Waals surface area contributed by atoms with Crippen LogP contribution < -0.4 is 5.32 Å². The van der Waals surface area contributed by atoms with Crippen LogP contribution in [0, 0.1) is 0 Å². The normalized spacial score (nSPS) is 12.0. The second-order valence-electron chi connectivity index (χ2n) is 4.55. The van der Waals surface area contributed by atoms with Crippen LogP contribution in [0.15, 0.2) is 47.4 Å². The number of hydrogen-bond donors (Lipinski definition) is 1. The van der Waals surface area contributed by atoms with E-state index in [0.717, 1.165) is 4.90 Å². The number of para-hydroxylation sites is 1. The highest BCUT2D eigenvalue weighted by molar-refractivity contribution is 8.00. The summed E-state index contributed by atoms with van der Waals surface area (Å²) in [5.74, 6) is -0.127. The Balaban J connectivity index is 2.10. The number of thioether (sulfide) groups is 1. The smallest absolute Gasteiger partial charge is 0.237 e. The average Bonchev–Trinajstić information content (AvgIpc) is 2.50. The third-order valence-electron chi connectivity index (χ3n) is 2.97. The Morgan fingerprint density at radius 2 is 1.68 bits per heavy atom. The van der Waals surface area contributed by atoms with Crippen molar-refractivity contribution in [3.05, 3.63) is 57.5 Å². The molecule has 0 fully saturated rings. The first-order valence-corrected chi connectivity index (χ1v) is 8.69. The zero-order chi connectivity index (χ0) is 16.1. The molecule has 1 N–H and O–H groups in total. The van der Waals surface area contributed by atoms with Crippen molar-refractivity contribution in [2.75, 3.05) is 5.32 Å². The minimum atomic E-state index is -0.242. The molecule has 0 unspecified atom stereocenters. The summed E-state index contributed by atoms with van der Waals surface area (Å²) in [6.45, 7) is 1.96. The van der Waals surface area contributed by atoms with Gasteiger partial charge in [0, 0.05) is 9.92 Å². The molecule has 1 atom stereocenters. The number of halogens is 3. The number of nitrogens with one attached hydrogen (secondary N) is 1. The molecule has 2 rings (SSSR count). The number of carbonyl (C=O) groups is 1. The summed E-state index contributed by atoms with van der Waals surface area (Å²) < 4.78 is 0. The summed E-state index contributed by atoms with van der Waals surface area (Å²) in [4.78, 5) is 13.4. The Morgan fingerprint density at radius 1 is 1.09 bits per heavy atom. The van der Waals surface area contributed by atoms with E-state index in [0.29, 0.717) is 27.2 Å². The predicted octanol–water partition coefficient (Wildman–Crippen LogP) is 6.16. The number of carbonyl (C=O) groups excluding carboxylic acids is 1. The summed E-state index contributed by atoms with van der Waals surface area (Å²) in [6, 6.07) is 12.5. The summed E-state index contributed by atoms with van der Waals surface area (Å²) in [6.07, 6.45) is 0.682. The first-order chi connectivity index (χ1) is 10.5. The second kappa shape index (κ2) is 8.11. The molecule has 1 amide bonds. The van der Waals surface area contributed by atoms with Crippen molar-refractivity contribution in [1.82, 2.24) is 0 Å². The van der Waals surface area contributed by atoms with E-state index in [9.17, 15) is 4.79 Å². The Kier molecular flexibility index (Phi) is 6.45. The van der Waals surface area contributed by atoms with Gasteiger partial charge < -0.3 is 5.32 Å². The molecule has 2 aromatic carbocycles. The molecule has 0 aliphatic rings. The highest BCUT2D eigenvalue weighted by Gasteiger charge is 2.20. The third kappa shape index (κ3) is 4.56. The first-order valence-electron chi connectivity index (χ1n) is 6.68. The van der Waals surface area contributed by atoms with Gasteiger partial charge in [-0.25, -0.2) is 0 Å². The van der Waals surface area contributed by atoms with Gasteiger partial charge in [0.15, 0.2) is 0 Å². The van der Waals surface area contributed by atoms with Gasteiger partial charge in [0.05, 0.1) is 21.0 Å². The second-order valence-corrected chi connectivity index (χ2v) is 7.08. The molecular weight excluding hydrogens is 361 g/mol. The van der Waals surface area contributed by atoms with Crippen LogP contribution in [0.25, 0.3) is 0 Å². The summed E-state index contributed by atoms with van der Waals surface area (Å²) in [5.41, 5.74) is 0.450. The lowest BCUT2D eigenvalue weighted by Crippen LogP contribution is -2.24. The first kappa shape index (κ1) is 17.5. The highest BCUT2D eigenvalue weighted by atomic mass is 35.5. The van der Waals surface area contributed by atoms with Gasteiger partial charge in [-0.2, -0.15) is 0 Å². The van der Waals surface area contributed by atoms with E-state index in [4.69, 9.17) is 34.8 Å². The molecule has 0 saturated heterocycles. The van der Waals surface area contributed by atoms with Gasteiger partial charge in [-0.1, -0.05) is 47.8 Å². The molecule has 2 nitrogen and oxygen atoms in total. The molecule has 6 heteroatoms. The molecule has 0 aliphatic heterocycles. The zero-order valence-corrected chi connectivity index (χ0v) is 14.9. The fraction of sp³-hybridized carbons (Fsp3) is 0.188. The lowest BCUT2D eigenvalue weighted by atomic mass is 10.2. The molecule has 116 valence electrons. The van der Waals surface area contributed by atoms with E-state index >= 15 is 0 Å². The fourth-order valence-electron chi connectivity index (χ4n) is 1.82. The SMILES string of the molecule is CC[C@@H](Sc1ccc(Cl)cc1)C(=O)Nc1c(Cl)cccc1Cl. The van der Waals surface area contributed by atoms with Crippen LogP contribution in [-0.4, -0.2) is 11.2 Å². The van der Waals surface area contributed by atoms with Crippen molar-refractivity contribution in [2.45, 2.75) is 23.5 Å². The fourth-order valence-corrected chi connectivity index (χ4v) is 3.39. The number of benzene rings is 2. The molecule has 0 bridgehead atoms. The standard InChI is InChI=1S/C16H14Cl3NOS/c1-2-14(22-11-8-6-10(17)7-9-11)16(21)20-15-12(18)4-3-5-13(15)19/h3-9,14H,2H2,1H3,(H,20,21)/t14-/m1/s1. The molecule has 0 saturated carbocycles. The average molecular weight is 375 g/mol. The number of rotatable bonds is 5. The Bertz CT molecular complexity index is 641. The highest BCUT2D eigenvalue weighted by Crippen LogP contribution is 2.32. The van der Waals surface area contributed by atoms with Gasteiger partial charge in [0.25, 0.3) is 0 Å².